The summed E-state index contributed by atoms with van der Waals surface area (Å²) < 4.78 is 6.42. The second-order valence-corrected chi connectivity index (χ2v) is 10.5. The molecule has 42 heavy (non-hydrogen) atoms. The smallest absolute Gasteiger partial charge is 0.137 e. The number of nitrogens with zero attached hydrogens (tertiary/aromatic N) is 2. The Balaban J connectivity index is 1.32. The number of furan rings is 1. The molecule has 1 unspecified atom stereocenters. The third-order valence-electron chi connectivity index (χ3n) is 7.90. The number of hydrogen-bond donors (Lipinski definition) is 1. The molecule has 1 N–H and O–H groups in total. The van der Waals surface area contributed by atoms with Crippen LogP contribution in [0.1, 0.15) is 22.7 Å². The van der Waals surface area contributed by atoms with Crippen LogP contribution in [0.5, 0.6) is 0 Å². The number of benzene rings is 6. The van der Waals surface area contributed by atoms with Gasteiger partial charge in [0.15, 0.2) is 0 Å². The summed E-state index contributed by atoms with van der Waals surface area (Å²) in [6.45, 7) is 0. The molecule has 0 saturated heterocycles. The second-order valence-electron chi connectivity index (χ2n) is 10.5. The maximum Gasteiger partial charge on any atom is 0.137 e. The SMILES string of the molecule is c1ccc(C2N=C(c3ccc4oc5cccc(N(c6ccccc6)c6ccccc6)c5c4c3)Nc3ccccc32)cc1. The number of nitrogens with one attached hydrogen (secondary N) is 1. The molecular weight excluding hydrogens is 514 g/mol. The third-order valence-corrected chi connectivity index (χ3v) is 7.90. The molecule has 6 aromatic carbocycles. The van der Waals surface area contributed by atoms with Gasteiger partial charge < -0.3 is 14.6 Å². The average molecular weight is 542 g/mol. The highest BCUT2D eigenvalue weighted by atomic mass is 16.3. The van der Waals surface area contributed by atoms with E-state index in [1.54, 1.807) is 0 Å². The standard InChI is InChI=1S/C38H27N3O/c1-4-13-26(14-5-1)37-30-19-10-11-20-32(30)39-38(40-37)27-23-24-34-31(25-27)36-33(21-12-22-35(36)42-34)41(28-15-6-2-7-16-28)29-17-8-3-9-18-29/h1-25,37H,(H,39,40). The first kappa shape index (κ1) is 24.2. The lowest BCUT2D eigenvalue weighted by molar-refractivity contribution is 0.669. The van der Waals surface area contributed by atoms with Crippen LogP contribution in [0.15, 0.2) is 161 Å². The van der Waals surface area contributed by atoms with Crippen molar-refractivity contribution in [3.63, 3.8) is 0 Å². The van der Waals surface area contributed by atoms with Gasteiger partial charge in [-0.2, -0.15) is 0 Å². The molecule has 1 aliphatic heterocycles. The summed E-state index contributed by atoms with van der Waals surface area (Å²) in [7, 11) is 0. The van der Waals surface area contributed by atoms with Gasteiger partial charge in [0.1, 0.15) is 23.0 Å². The van der Waals surface area contributed by atoms with Crippen LogP contribution < -0.4 is 10.2 Å². The maximum absolute atomic E-state index is 6.42. The van der Waals surface area contributed by atoms with Gasteiger partial charge in [-0.1, -0.05) is 91.0 Å². The zero-order valence-electron chi connectivity index (χ0n) is 22.8. The minimum Gasteiger partial charge on any atom is -0.456 e. The highest BCUT2D eigenvalue weighted by Crippen LogP contribution is 2.43. The van der Waals surface area contributed by atoms with E-state index in [0.717, 1.165) is 56.1 Å². The van der Waals surface area contributed by atoms with Crippen LogP contribution in [0.25, 0.3) is 21.9 Å². The molecule has 200 valence electrons. The molecular formula is C38H27N3O. The lowest BCUT2D eigenvalue weighted by atomic mass is 9.95. The molecule has 1 aliphatic rings. The topological polar surface area (TPSA) is 40.8 Å². The highest BCUT2D eigenvalue weighted by Gasteiger charge is 2.24. The van der Waals surface area contributed by atoms with Crippen molar-refractivity contribution in [3.8, 4) is 0 Å². The second kappa shape index (κ2) is 10.1. The first-order valence-electron chi connectivity index (χ1n) is 14.2. The molecule has 0 aliphatic carbocycles. The first-order chi connectivity index (χ1) is 20.8. The molecule has 0 saturated carbocycles. The van der Waals surface area contributed by atoms with E-state index in [2.05, 4.69) is 138 Å². The molecule has 4 nitrogen and oxygen atoms in total. The molecule has 1 aromatic heterocycles. The summed E-state index contributed by atoms with van der Waals surface area (Å²) >= 11 is 0. The van der Waals surface area contributed by atoms with E-state index in [1.165, 1.54) is 11.1 Å². The number of hydrogen-bond acceptors (Lipinski definition) is 4. The zero-order valence-corrected chi connectivity index (χ0v) is 22.8. The molecule has 0 bridgehead atoms. The molecule has 0 radical (unpaired) electrons. The van der Waals surface area contributed by atoms with Crippen LogP contribution in [0.2, 0.25) is 0 Å². The van der Waals surface area contributed by atoms with Crippen LogP contribution in [0.4, 0.5) is 22.7 Å². The van der Waals surface area contributed by atoms with Gasteiger partial charge in [0, 0.05) is 33.6 Å². The summed E-state index contributed by atoms with van der Waals surface area (Å²) in [6, 6.07) is 52.4. The molecule has 0 fully saturated rings. The Kier molecular flexibility index (Phi) is 5.82. The Morgan fingerprint density at radius 2 is 1.26 bits per heavy atom. The van der Waals surface area contributed by atoms with Gasteiger partial charge in [-0.15, -0.1) is 0 Å². The van der Waals surface area contributed by atoms with Crippen LogP contribution in [0, 0.1) is 0 Å². The van der Waals surface area contributed by atoms with Crippen molar-refractivity contribution in [2.75, 3.05) is 10.2 Å². The summed E-state index contributed by atoms with van der Waals surface area (Å²) in [5.41, 5.74) is 9.36. The van der Waals surface area contributed by atoms with Gasteiger partial charge in [0.05, 0.1) is 11.1 Å². The van der Waals surface area contributed by atoms with Crippen molar-refractivity contribution in [1.82, 2.24) is 0 Å². The fourth-order valence-corrected chi connectivity index (χ4v) is 5.97. The number of fused-ring (bicyclic) bond motifs is 4. The van der Waals surface area contributed by atoms with Gasteiger partial charge in [0.25, 0.3) is 0 Å². The average Bonchev–Trinajstić information content (AvgIpc) is 3.44. The Morgan fingerprint density at radius 3 is 2.00 bits per heavy atom. The van der Waals surface area contributed by atoms with E-state index in [4.69, 9.17) is 9.41 Å². The molecule has 2 heterocycles. The molecule has 8 rings (SSSR count). The molecule has 0 spiro atoms. The third kappa shape index (κ3) is 4.13. The van der Waals surface area contributed by atoms with Gasteiger partial charge >= 0.3 is 0 Å². The first-order valence-corrected chi connectivity index (χ1v) is 14.2. The zero-order chi connectivity index (χ0) is 27.9. The fraction of sp³-hybridized carbons (Fsp3) is 0.0263. The highest BCUT2D eigenvalue weighted by molar-refractivity contribution is 6.17. The summed E-state index contributed by atoms with van der Waals surface area (Å²) in [5.74, 6) is 0.847. The number of amidine groups is 1. The number of aliphatic imine (C=N–C) groups is 1. The molecule has 7 aromatic rings. The Bertz CT molecular complexity index is 2030. The van der Waals surface area contributed by atoms with E-state index in [0.29, 0.717) is 0 Å². The monoisotopic (exact) mass is 541 g/mol. The van der Waals surface area contributed by atoms with Crippen molar-refractivity contribution < 1.29 is 4.42 Å². The van der Waals surface area contributed by atoms with Gasteiger partial charge in [-0.3, -0.25) is 4.99 Å². The van der Waals surface area contributed by atoms with Crippen molar-refractivity contribution >= 4 is 50.5 Å². The predicted octanol–water partition coefficient (Wildman–Crippen LogP) is 10.0. The van der Waals surface area contributed by atoms with Crippen LogP contribution >= 0.6 is 0 Å². The minimum absolute atomic E-state index is 0.0855. The summed E-state index contributed by atoms with van der Waals surface area (Å²) in [6.07, 6.45) is 0. The van der Waals surface area contributed by atoms with Crippen LogP contribution in [-0.4, -0.2) is 5.84 Å². The van der Waals surface area contributed by atoms with E-state index in [1.807, 2.05) is 24.3 Å². The van der Waals surface area contributed by atoms with Gasteiger partial charge in [-0.05, 0) is 66.2 Å². The van der Waals surface area contributed by atoms with Crippen molar-refractivity contribution in [1.29, 1.82) is 0 Å². The maximum atomic E-state index is 6.42. The normalized spacial score (nSPS) is 14.3. The largest absolute Gasteiger partial charge is 0.456 e. The van der Waals surface area contributed by atoms with E-state index in [9.17, 15) is 0 Å². The van der Waals surface area contributed by atoms with Crippen molar-refractivity contribution in [2.24, 2.45) is 4.99 Å². The lowest BCUT2D eigenvalue weighted by Crippen LogP contribution is -2.22. The van der Waals surface area contributed by atoms with E-state index >= 15 is 0 Å². The Morgan fingerprint density at radius 1 is 0.595 bits per heavy atom. The van der Waals surface area contributed by atoms with E-state index < -0.39 is 0 Å². The Labute approximate surface area is 244 Å². The quantitative estimate of drug-likeness (QED) is 0.236. The van der Waals surface area contributed by atoms with Gasteiger partial charge in [-0.25, -0.2) is 0 Å². The Hall–Kier alpha value is -5.61. The predicted molar refractivity (Wildman–Crippen MR) is 173 cm³/mol. The number of anilines is 4. The van der Waals surface area contributed by atoms with Crippen LogP contribution in [-0.2, 0) is 0 Å². The lowest BCUT2D eigenvalue weighted by Gasteiger charge is -2.26. The minimum atomic E-state index is -0.0855. The number of rotatable bonds is 5. The van der Waals surface area contributed by atoms with Crippen LogP contribution in [0.3, 0.4) is 0 Å². The van der Waals surface area contributed by atoms with Gasteiger partial charge in [0.2, 0.25) is 0 Å². The molecule has 4 heteroatoms. The van der Waals surface area contributed by atoms with Crippen molar-refractivity contribution in [3.05, 3.63) is 168 Å². The molecule has 0 amide bonds. The molecule has 1 atom stereocenters. The summed E-state index contributed by atoms with van der Waals surface area (Å²) in [4.78, 5) is 7.55. The number of para-hydroxylation sites is 3. The fourth-order valence-electron chi connectivity index (χ4n) is 5.97. The van der Waals surface area contributed by atoms with E-state index in [-0.39, 0.29) is 6.04 Å². The summed E-state index contributed by atoms with van der Waals surface area (Å²) in [5, 5.41) is 5.73. The van der Waals surface area contributed by atoms with Crippen molar-refractivity contribution in [2.45, 2.75) is 6.04 Å².